The highest BCUT2D eigenvalue weighted by Gasteiger charge is 2.21. The molecule has 0 aliphatic heterocycles. The predicted octanol–water partition coefficient (Wildman–Crippen LogP) is 5.62. The number of para-hydroxylation sites is 1. The van der Waals surface area contributed by atoms with Crippen LogP contribution in [0.2, 0.25) is 0 Å². The number of aryl methyl sites for hydroxylation is 2. The van der Waals surface area contributed by atoms with E-state index >= 15 is 0 Å². The van der Waals surface area contributed by atoms with Gasteiger partial charge in [0, 0.05) is 15.6 Å². The Labute approximate surface area is 185 Å². The summed E-state index contributed by atoms with van der Waals surface area (Å²) in [7, 11) is 0. The number of hydrogen-bond donors (Lipinski definition) is 1. The molecule has 0 bridgehead atoms. The average Bonchev–Trinajstić information content (AvgIpc) is 2.73. The van der Waals surface area contributed by atoms with Crippen LogP contribution < -0.4 is 5.32 Å². The minimum Gasteiger partial charge on any atom is -0.452 e. The Kier molecular flexibility index (Phi) is 7.21. The van der Waals surface area contributed by atoms with Crippen LogP contribution in [0.25, 0.3) is 10.9 Å². The van der Waals surface area contributed by atoms with Crippen molar-refractivity contribution in [3.05, 3.63) is 69.3 Å². The number of fused-ring (bicyclic) bond motifs is 1. The highest BCUT2D eigenvalue weighted by molar-refractivity contribution is 9.10. The quantitative estimate of drug-likeness (QED) is 0.457. The number of nitrogens with one attached hydrogen (secondary N) is 1. The Balaban J connectivity index is 1.83. The highest BCUT2D eigenvalue weighted by atomic mass is 79.9. The lowest BCUT2D eigenvalue weighted by Crippen LogP contribution is -2.22. The molecule has 30 heavy (non-hydrogen) atoms. The van der Waals surface area contributed by atoms with Gasteiger partial charge in [0.2, 0.25) is 0 Å². The lowest BCUT2D eigenvalue weighted by Gasteiger charge is -2.15. The second kappa shape index (κ2) is 9.85. The Hall–Kier alpha value is -2.73. The summed E-state index contributed by atoms with van der Waals surface area (Å²) in [5.41, 5.74) is 4.79. The fourth-order valence-electron chi connectivity index (χ4n) is 3.47. The third-order valence-electron chi connectivity index (χ3n) is 4.86. The molecule has 0 fully saturated rings. The first kappa shape index (κ1) is 22.0. The van der Waals surface area contributed by atoms with E-state index < -0.39 is 11.9 Å². The summed E-state index contributed by atoms with van der Waals surface area (Å²) < 4.78 is 6.19. The first-order valence-electron chi connectivity index (χ1n) is 10.1. The van der Waals surface area contributed by atoms with Crippen molar-refractivity contribution in [2.24, 2.45) is 0 Å². The van der Waals surface area contributed by atoms with Gasteiger partial charge in [0.1, 0.15) is 0 Å². The summed E-state index contributed by atoms with van der Waals surface area (Å²) >= 11 is 3.43. The molecule has 6 heteroatoms. The van der Waals surface area contributed by atoms with E-state index in [1.807, 2.05) is 56.3 Å². The van der Waals surface area contributed by atoms with Gasteiger partial charge in [-0.25, -0.2) is 4.79 Å². The SMILES string of the molecule is CCCc1nc2ccccc2c(C(=O)OCC(=O)Nc2ccc(C)cc2Br)c1CC. The third-order valence-corrected chi connectivity index (χ3v) is 5.51. The van der Waals surface area contributed by atoms with E-state index in [0.717, 1.165) is 45.0 Å². The number of carbonyl (C=O) groups is 2. The molecule has 2 aromatic carbocycles. The second-order valence-corrected chi connectivity index (χ2v) is 7.99. The van der Waals surface area contributed by atoms with Crippen LogP contribution in [0, 0.1) is 6.92 Å². The zero-order chi connectivity index (χ0) is 21.7. The van der Waals surface area contributed by atoms with Crippen LogP contribution in [-0.2, 0) is 22.4 Å². The number of halogens is 1. The van der Waals surface area contributed by atoms with Crippen molar-refractivity contribution in [2.75, 3.05) is 11.9 Å². The fourth-order valence-corrected chi connectivity index (χ4v) is 4.06. The van der Waals surface area contributed by atoms with Gasteiger partial charge < -0.3 is 10.1 Å². The number of aromatic nitrogens is 1. The first-order valence-corrected chi connectivity index (χ1v) is 10.9. The molecule has 0 saturated carbocycles. The second-order valence-electron chi connectivity index (χ2n) is 7.14. The van der Waals surface area contributed by atoms with Crippen molar-refractivity contribution in [3.63, 3.8) is 0 Å². The lowest BCUT2D eigenvalue weighted by molar-refractivity contribution is -0.119. The van der Waals surface area contributed by atoms with Crippen molar-refractivity contribution < 1.29 is 14.3 Å². The number of rotatable bonds is 7. The summed E-state index contributed by atoms with van der Waals surface area (Å²) in [5.74, 6) is -0.890. The Bertz CT molecular complexity index is 1100. The van der Waals surface area contributed by atoms with E-state index in [1.54, 1.807) is 0 Å². The van der Waals surface area contributed by atoms with Gasteiger partial charge >= 0.3 is 5.97 Å². The summed E-state index contributed by atoms with van der Waals surface area (Å²) in [5, 5.41) is 3.52. The van der Waals surface area contributed by atoms with Gasteiger partial charge in [0.25, 0.3) is 5.91 Å². The summed E-state index contributed by atoms with van der Waals surface area (Å²) in [4.78, 5) is 30.1. The van der Waals surface area contributed by atoms with E-state index in [1.165, 1.54) is 0 Å². The number of anilines is 1. The predicted molar refractivity (Wildman–Crippen MR) is 123 cm³/mol. The topological polar surface area (TPSA) is 68.3 Å². The maximum Gasteiger partial charge on any atom is 0.339 e. The molecule has 1 aromatic heterocycles. The normalized spacial score (nSPS) is 10.8. The third kappa shape index (κ3) is 4.87. The van der Waals surface area contributed by atoms with Gasteiger partial charge in [-0.15, -0.1) is 0 Å². The van der Waals surface area contributed by atoms with Crippen LogP contribution in [0.4, 0.5) is 5.69 Å². The van der Waals surface area contributed by atoms with Crippen LogP contribution in [0.5, 0.6) is 0 Å². The Morgan fingerprint density at radius 1 is 1.13 bits per heavy atom. The molecule has 0 radical (unpaired) electrons. The summed E-state index contributed by atoms with van der Waals surface area (Å²) in [6.07, 6.45) is 2.39. The van der Waals surface area contributed by atoms with Crippen molar-refractivity contribution in [3.8, 4) is 0 Å². The van der Waals surface area contributed by atoms with Gasteiger partial charge in [-0.2, -0.15) is 0 Å². The monoisotopic (exact) mass is 468 g/mol. The molecule has 3 rings (SSSR count). The largest absolute Gasteiger partial charge is 0.452 e. The number of amides is 1. The van der Waals surface area contributed by atoms with E-state index in [2.05, 4.69) is 28.2 Å². The molecule has 5 nitrogen and oxygen atoms in total. The molecule has 0 aliphatic rings. The van der Waals surface area contributed by atoms with Gasteiger partial charge in [0.05, 0.1) is 16.8 Å². The molecular formula is C24H25BrN2O3. The number of nitrogens with zero attached hydrogens (tertiary/aromatic N) is 1. The van der Waals surface area contributed by atoms with Crippen LogP contribution in [0.3, 0.4) is 0 Å². The summed E-state index contributed by atoms with van der Waals surface area (Å²) in [6, 6.07) is 13.2. The number of esters is 1. The van der Waals surface area contributed by atoms with Crippen molar-refractivity contribution in [1.82, 2.24) is 4.98 Å². The molecule has 0 atom stereocenters. The Morgan fingerprint density at radius 3 is 2.60 bits per heavy atom. The van der Waals surface area contributed by atoms with E-state index in [9.17, 15) is 9.59 Å². The number of benzene rings is 2. The number of ether oxygens (including phenoxy) is 1. The van der Waals surface area contributed by atoms with Gasteiger partial charge in [-0.1, -0.05) is 44.5 Å². The summed E-state index contributed by atoms with van der Waals surface area (Å²) in [6.45, 7) is 5.70. The van der Waals surface area contributed by atoms with E-state index in [-0.39, 0.29) is 6.61 Å². The average molecular weight is 469 g/mol. The van der Waals surface area contributed by atoms with Gasteiger partial charge in [0.15, 0.2) is 6.61 Å². The number of hydrogen-bond acceptors (Lipinski definition) is 4. The molecule has 0 saturated heterocycles. The molecule has 0 spiro atoms. The molecule has 1 N–H and O–H groups in total. The minimum absolute atomic E-state index is 0.359. The van der Waals surface area contributed by atoms with Gasteiger partial charge in [-0.3, -0.25) is 9.78 Å². The molecule has 1 amide bonds. The molecule has 0 aliphatic carbocycles. The van der Waals surface area contributed by atoms with Crippen LogP contribution in [0.1, 0.15) is 47.4 Å². The lowest BCUT2D eigenvalue weighted by atomic mass is 9.96. The maximum atomic E-state index is 13.0. The van der Waals surface area contributed by atoms with Crippen molar-refractivity contribution in [2.45, 2.75) is 40.0 Å². The van der Waals surface area contributed by atoms with E-state index in [4.69, 9.17) is 9.72 Å². The maximum absolute atomic E-state index is 13.0. The highest BCUT2D eigenvalue weighted by Crippen LogP contribution is 2.26. The molecule has 1 heterocycles. The molecule has 0 unspecified atom stereocenters. The van der Waals surface area contributed by atoms with Crippen molar-refractivity contribution in [1.29, 1.82) is 0 Å². The smallest absolute Gasteiger partial charge is 0.339 e. The zero-order valence-corrected chi connectivity index (χ0v) is 19.0. The van der Waals surface area contributed by atoms with E-state index in [0.29, 0.717) is 17.7 Å². The molecule has 3 aromatic rings. The zero-order valence-electron chi connectivity index (χ0n) is 17.4. The fraction of sp³-hybridized carbons (Fsp3) is 0.292. The first-order chi connectivity index (χ1) is 14.4. The van der Waals surface area contributed by atoms with Crippen LogP contribution >= 0.6 is 15.9 Å². The van der Waals surface area contributed by atoms with Crippen LogP contribution in [0.15, 0.2) is 46.9 Å². The minimum atomic E-state index is -0.499. The molecule has 156 valence electrons. The van der Waals surface area contributed by atoms with Crippen molar-refractivity contribution >= 4 is 44.4 Å². The molecular weight excluding hydrogens is 444 g/mol. The van der Waals surface area contributed by atoms with Crippen LogP contribution in [-0.4, -0.2) is 23.5 Å². The van der Waals surface area contributed by atoms with Gasteiger partial charge in [-0.05, 0) is 65.0 Å². The Morgan fingerprint density at radius 2 is 1.90 bits per heavy atom. The standard InChI is InChI=1S/C24H25BrN2O3/c1-4-8-19-16(5-2)23(17-9-6-7-10-20(17)26-19)24(29)30-14-22(28)27-21-12-11-15(3)13-18(21)25/h6-7,9-13H,4-5,8,14H2,1-3H3,(H,27,28). The number of carbonyl (C=O) groups excluding carboxylic acids is 2. The number of pyridine rings is 1.